The molecule has 1 aromatic rings. The van der Waals surface area contributed by atoms with Crippen LogP contribution in [0.5, 0.6) is 0 Å². The van der Waals surface area contributed by atoms with Gasteiger partial charge in [0.1, 0.15) is 0 Å². The number of nitrogens with zero attached hydrogens (tertiary/aromatic N) is 2. The number of benzene rings is 1. The van der Waals surface area contributed by atoms with Gasteiger partial charge in [-0.15, -0.1) is 0 Å². The third-order valence-electron chi connectivity index (χ3n) is 5.20. The number of hydrogen-bond acceptors (Lipinski definition) is 3. The maximum Gasteiger partial charge on any atom is 0.227 e. The number of para-hydroxylation sites is 1. The SMILES string of the molecule is CN=C(NCCCC(=O)N1CCc2ccccc21)NCC1(C)CCCS1. The lowest BCUT2D eigenvalue weighted by atomic mass is 10.1. The summed E-state index contributed by atoms with van der Waals surface area (Å²) in [6.07, 6.45) is 4.90. The van der Waals surface area contributed by atoms with Gasteiger partial charge in [0.2, 0.25) is 5.91 Å². The molecule has 2 heterocycles. The maximum absolute atomic E-state index is 12.5. The fourth-order valence-electron chi connectivity index (χ4n) is 3.65. The second kappa shape index (κ2) is 8.80. The van der Waals surface area contributed by atoms with Gasteiger partial charge in [0.15, 0.2) is 5.96 Å². The molecule has 1 unspecified atom stereocenters. The van der Waals surface area contributed by atoms with Gasteiger partial charge in [0.25, 0.3) is 0 Å². The van der Waals surface area contributed by atoms with Crippen molar-refractivity contribution in [3.63, 3.8) is 0 Å². The van der Waals surface area contributed by atoms with Gasteiger partial charge < -0.3 is 15.5 Å². The largest absolute Gasteiger partial charge is 0.356 e. The summed E-state index contributed by atoms with van der Waals surface area (Å²) in [5.74, 6) is 2.30. The van der Waals surface area contributed by atoms with Gasteiger partial charge in [-0.3, -0.25) is 9.79 Å². The van der Waals surface area contributed by atoms with Crippen molar-refractivity contribution in [2.75, 3.05) is 37.3 Å². The first kappa shape index (κ1) is 19.1. The Morgan fingerprint density at radius 3 is 2.96 bits per heavy atom. The Kier molecular flexibility index (Phi) is 6.46. The summed E-state index contributed by atoms with van der Waals surface area (Å²) in [5.41, 5.74) is 2.37. The van der Waals surface area contributed by atoms with Crippen LogP contribution in [-0.4, -0.2) is 49.0 Å². The van der Waals surface area contributed by atoms with Crippen LogP contribution in [-0.2, 0) is 11.2 Å². The summed E-state index contributed by atoms with van der Waals surface area (Å²) < 4.78 is 0.316. The Bertz CT molecular complexity index is 655. The normalized spacial score (nSPS) is 22.4. The Morgan fingerprint density at radius 1 is 1.35 bits per heavy atom. The molecule has 0 spiro atoms. The number of rotatable bonds is 6. The van der Waals surface area contributed by atoms with Crippen molar-refractivity contribution in [3.05, 3.63) is 29.8 Å². The summed E-state index contributed by atoms with van der Waals surface area (Å²) in [6, 6.07) is 8.21. The van der Waals surface area contributed by atoms with Crippen LogP contribution >= 0.6 is 11.8 Å². The van der Waals surface area contributed by atoms with E-state index in [0.717, 1.165) is 44.1 Å². The molecule has 1 atom stereocenters. The van der Waals surface area contributed by atoms with E-state index in [1.165, 1.54) is 24.2 Å². The van der Waals surface area contributed by atoms with Crippen molar-refractivity contribution in [2.24, 2.45) is 4.99 Å². The monoisotopic (exact) mass is 374 g/mol. The first-order chi connectivity index (χ1) is 12.6. The zero-order valence-electron chi connectivity index (χ0n) is 15.9. The third kappa shape index (κ3) is 4.72. The van der Waals surface area contributed by atoms with Crippen LogP contribution in [0.25, 0.3) is 0 Å². The van der Waals surface area contributed by atoms with Crippen molar-refractivity contribution in [3.8, 4) is 0 Å². The van der Waals surface area contributed by atoms with Crippen LogP contribution in [0.2, 0.25) is 0 Å². The molecule has 2 aliphatic rings. The molecule has 26 heavy (non-hydrogen) atoms. The molecule has 0 aliphatic carbocycles. The van der Waals surface area contributed by atoms with Gasteiger partial charge in [-0.25, -0.2) is 0 Å². The lowest BCUT2D eigenvalue weighted by Gasteiger charge is -2.24. The van der Waals surface area contributed by atoms with E-state index in [-0.39, 0.29) is 5.91 Å². The molecule has 0 bridgehead atoms. The zero-order valence-corrected chi connectivity index (χ0v) is 16.7. The summed E-state index contributed by atoms with van der Waals surface area (Å²) in [6.45, 7) is 4.81. The molecule has 0 aromatic heterocycles. The minimum Gasteiger partial charge on any atom is -0.356 e. The fourth-order valence-corrected chi connectivity index (χ4v) is 4.89. The molecule has 0 radical (unpaired) electrons. The predicted molar refractivity (Wildman–Crippen MR) is 111 cm³/mol. The van der Waals surface area contributed by atoms with E-state index in [0.29, 0.717) is 11.2 Å². The number of hydrogen-bond donors (Lipinski definition) is 2. The van der Waals surface area contributed by atoms with Crippen LogP contribution in [0, 0.1) is 0 Å². The summed E-state index contributed by atoms with van der Waals surface area (Å²) in [7, 11) is 1.80. The Hall–Kier alpha value is -1.69. The number of amides is 1. The summed E-state index contributed by atoms with van der Waals surface area (Å²) in [4.78, 5) is 18.7. The minimum absolute atomic E-state index is 0.217. The molecular formula is C20H30N4OS. The molecule has 3 rings (SSSR count). The molecule has 1 aromatic carbocycles. The molecule has 5 nitrogen and oxygen atoms in total. The van der Waals surface area contributed by atoms with E-state index in [2.05, 4.69) is 28.6 Å². The molecule has 2 aliphatic heterocycles. The number of thioether (sulfide) groups is 1. The zero-order chi connectivity index (χ0) is 18.4. The molecule has 1 amide bonds. The van der Waals surface area contributed by atoms with Crippen molar-refractivity contribution >= 4 is 29.3 Å². The number of carbonyl (C=O) groups is 1. The molecule has 142 valence electrons. The van der Waals surface area contributed by atoms with Crippen molar-refractivity contribution < 1.29 is 4.79 Å². The van der Waals surface area contributed by atoms with Crippen LogP contribution in [0.4, 0.5) is 5.69 Å². The highest BCUT2D eigenvalue weighted by atomic mass is 32.2. The van der Waals surface area contributed by atoms with Crippen LogP contribution in [0.3, 0.4) is 0 Å². The highest BCUT2D eigenvalue weighted by Crippen LogP contribution is 2.36. The van der Waals surface area contributed by atoms with E-state index >= 15 is 0 Å². The second-order valence-electron chi connectivity index (χ2n) is 7.28. The number of nitrogens with one attached hydrogen (secondary N) is 2. The average molecular weight is 375 g/mol. The Labute approximate surface area is 161 Å². The lowest BCUT2D eigenvalue weighted by Crippen LogP contribution is -2.44. The number of aliphatic imine (C=N–C) groups is 1. The molecular weight excluding hydrogens is 344 g/mol. The van der Waals surface area contributed by atoms with Crippen LogP contribution in [0.1, 0.15) is 38.2 Å². The van der Waals surface area contributed by atoms with Gasteiger partial charge in [-0.1, -0.05) is 18.2 Å². The first-order valence-electron chi connectivity index (χ1n) is 9.58. The van der Waals surface area contributed by atoms with Crippen LogP contribution in [0.15, 0.2) is 29.3 Å². The van der Waals surface area contributed by atoms with E-state index in [1.807, 2.05) is 34.9 Å². The molecule has 1 fully saturated rings. The van der Waals surface area contributed by atoms with Gasteiger partial charge in [0.05, 0.1) is 0 Å². The fraction of sp³-hybridized carbons (Fsp3) is 0.600. The smallest absolute Gasteiger partial charge is 0.227 e. The highest BCUT2D eigenvalue weighted by molar-refractivity contribution is 8.00. The summed E-state index contributed by atoms with van der Waals surface area (Å²) in [5, 5.41) is 6.77. The van der Waals surface area contributed by atoms with Gasteiger partial charge in [0, 0.05) is 43.5 Å². The predicted octanol–water partition coefficient (Wildman–Crippen LogP) is 2.81. The number of anilines is 1. The van der Waals surface area contributed by atoms with Gasteiger partial charge in [-0.2, -0.15) is 11.8 Å². The molecule has 1 saturated heterocycles. The Balaban J connectivity index is 1.37. The number of guanidine groups is 1. The topological polar surface area (TPSA) is 56.7 Å². The second-order valence-corrected chi connectivity index (χ2v) is 8.96. The standard InChI is InChI=1S/C20H30N4OS/c1-20(11-6-14-26-20)15-23-19(21-2)22-12-5-9-18(25)24-13-10-16-7-3-4-8-17(16)24/h3-4,7-8H,5-6,9-15H2,1-2H3,(H2,21,22,23). The van der Waals surface area contributed by atoms with Gasteiger partial charge >= 0.3 is 0 Å². The summed E-state index contributed by atoms with van der Waals surface area (Å²) >= 11 is 2.04. The minimum atomic E-state index is 0.217. The first-order valence-corrected chi connectivity index (χ1v) is 10.6. The van der Waals surface area contributed by atoms with Crippen molar-refractivity contribution in [2.45, 2.75) is 43.8 Å². The quantitative estimate of drug-likeness (QED) is 0.457. The van der Waals surface area contributed by atoms with E-state index < -0.39 is 0 Å². The van der Waals surface area contributed by atoms with E-state index in [9.17, 15) is 4.79 Å². The van der Waals surface area contributed by atoms with E-state index in [1.54, 1.807) is 7.05 Å². The number of carbonyl (C=O) groups excluding carboxylic acids is 1. The number of fused-ring (bicyclic) bond motifs is 1. The molecule has 6 heteroatoms. The maximum atomic E-state index is 12.5. The molecule has 0 saturated carbocycles. The molecule has 2 N–H and O–H groups in total. The van der Waals surface area contributed by atoms with Gasteiger partial charge in [-0.05, 0) is 50.0 Å². The van der Waals surface area contributed by atoms with Crippen molar-refractivity contribution in [1.29, 1.82) is 0 Å². The highest BCUT2D eigenvalue weighted by Gasteiger charge is 2.29. The lowest BCUT2D eigenvalue weighted by molar-refractivity contribution is -0.118. The Morgan fingerprint density at radius 2 is 2.19 bits per heavy atom. The van der Waals surface area contributed by atoms with Crippen LogP contribution < -0.4 is 15.5 Å². The van der Waals surface area contributed by atoms with E-state index in [4.69, 9.17) is 0 Å². The average Bonchev–Trinajstić information content (AvgIpc) is 3.27. The third-order valence-corrected chi connectivity index (χ3v) is 6.74. The van der Waals surface area contributed by atoms with Crippen molar-refractivity contribution in [1.82, 2.24) is 10.6 Å².